The van der Waals surface area contributed by atoms with Crippen molar-refractivity contribution in [3.8, 4) is 0 Å². The van der Waals surface area contributed by atoms with Gasteiger partial charge in [-0.3, -0.25) is 9.59 Å². The molecule has 1 unspecified atom stereocenters. The Morgan fingerprint density at radius 2 is 2.03 bits per heavy atom. The number of carbonyl (C=O) groups is 1. The standard InChI is InChI=1S/C21H25N3O5S2/c1-14(12-16-4-3-11-29-16)22-20(25)15-7-9-24(10-8-15)31(27,28)17-5-6-18-19(13-17)30-21(26)23(18)2/h3-6,11,13-15H,7-10,12H2,1-2H3,(H,22,25). The Morgan fingerprint density at radius 1 is 1.29 bits per heavy atom. The van der Waals surface area contributed by atoms with Crippen LogP contribution in [0.2, 0.25) is 0 Å². The van der Waals surface area contributed by atoms with Crippen LogP contribution < -0.4 is 10.2 Å². The summed E-state index contributed by atoms with van der Waals surface area (Å²) < 4.78 is 35.1. The normalized spacial score (nSPS) is 17.1. The van der Waals surface area contributed by atoms with Crippen molar-refractivity contribution < 1.29 is 17.6 Å². The lowest BCUT2D eigenvalue weighted by molar-refractivity contribution is -0.126. The smallest absolute Gasteiger partial charge is 0.307 e. The predicted octanol–water partition coefficient (Wildman–Crippen LogP) is 2.34. The maximum Gasteiger partial charge on any atom is 0.307 e. The molecule has 1 amide bonds. The molecule has 4 rings (SSSR count). The number of nitrogens with zero attached hydrogens (tertiary/aromatic N) is 2. The number of nitrogens with one attached hydrogen (secondary N) is 1. The Labute approximate surface area is 184 Å². The first-order chi connectivity index (χ1) is 14.8. The van der Waals surface area contributed by atoms with Crippen molar-refractivity contribution in [1.29, 1.82) is 0 Å². The average molecular weight is 464 g/mol. The van der Waals surface area contributed by atoms with Gasteiger partial charge >= 0.3 is 4.87 Å². The van der Waals surface area contributed by atoms with Crippen LogP contribution in [0.15, 0.2) is 50.7 Å². The molecular formula is C21H25N3O5S2. The molecule has 8 nitrogen and oxygen atoms in total. The van der Waals surface area contributed by atoms with Crippen molar-refractivity contribution in [3.05, 3.63) is 52.0 Å². The molecule has 1 fully saturated rings. The molecule has 2 aromatic heterocycles. The van der Waals surface area contributed by atoms with E-state index in [2.05, 4.69) is 5.32 Å². The van der Waals surface area contributed by atoms with Gasteiger partial charge in [0.2, 0.25) is 15.9 Å². The number of rotatable bonds is 6. The van der Waals surface area contributed by atoms with Crippen LogP contribution >= 0.6 is 11.3 Å². The molecule has 0 radical (unpaired) electrons. The summed E-state index contributed by atoms with van der Waals surface area (Å²) in [5.74, 6) is 0.549. The van der Waals surface area contributed by atoms with E-state index in [1.807, 2.05) is 19.1 Å². The zero-order chi connectivity index (χ0) is 22.2. The fraction of sp³-hybridized carbons (Fsp3) is 0.429. The van der Waals surface area contributed by atoms with E-state index >= 15 is 0 Å². The topological polar surface area (TPSA) is 102 Å². The summed E-state index contributed by atoms with van der Waals surface area (Å²) in [7, 11) is -2.01. The highest BCUT2D eigenvalue weighted by Gasteiger charge is 2.32. The lowest BCUT2D eigenvalue weighted by Gasteiger charge is -2.31. The summed E-state index contributed by atoms with van der Waals surface area (Å²) >= 11 is 1.03. The highest BCUT2D eigenvalue weighted by molar-refractivity contribution is 7.89. The van der Waals surface area contributed by atoms with E-state index in [1.165, 1.54) is 8.87 Å². The van der Waals surface area contributed by atoms with Gasteiger partial charge in [0, 0.05) is 38.5 Å². The third-order valence-electron chi connectivity index (χ3n) is 5.70. The predicted molar refractivity (Wildman–Crippen MR) is 119 cm³/mol. The van der Waals surface area contributed by atoms with Crippen LogP contribution in [0.4, 0.5) is 0 Å². The molecule has 0 spiro atoms. The minimum Gasteiger partial charge on any atom is -0.469 e. The fourth-order valence-electron chi connectivity index (χ4n) is 3.92. The first-order valence-corrected chi connectivity index (χ1v) is 12.4. The van der Waals surface area contributed by atoms with E-state index in [4.69, 9.17) is 4.42 Å². The van der Waals surface area contributed by atoms with Crippen molar-refractivity contribution in [2.45, 2.75) is 37.1 Å². The average Bonchev–Trinajstić information content (AvgIpc) is 3.35. The van der Waals surface area contributed by atoms with E-state index in [9.17, 15) is 18.0 Å². The van der Waals surface area contributed by atoms with Crippen LogP contribution in [-0.4, -0.2) is 42.3 Å². The van der Waals surface area contributed by atoms with Gasteiger partial charge in [-0.25, -0.2) is 8.42 Å². The summed E-state index contributed by atoms with van der Waals surface area (Å²) in [6.07, 6.45) is 3.16. The maximum absolute atomic E-state index is 13.1. The summed E-state index contributed by atoms with van der Waals surface area (Å²) in [5.41, 5.74) is 0.716. The van der Waals surface area contributed by atoms with E-state index in [-0.39, 0.29) is 40.7 Å². The molecule has 166 valence electrons. The molecular weight excluding hydrogens is 438 g/mol. The quantitative estimate of drug-likeness (QED) is 0.605. The number of hydrogen-bond donors (Lipinski definition) is 1. The first kappa shape index (κ1) is 21.8. The molecule has 10 heteroatoms. The first-order valence-electron chi connectivity index (χ1n) is 10.2. The van der Waals surface area contributed by atoms with Crippen molar-refractivity contribution in [1.82, 2.24) is 14.2 Å². The Hall–Kier alpha value is -2.43. The maximum atomic E-state index is 13.1. The summed E-state index contributed by atoms with van der Waals surface area (Å²) in [6, 6.07) is 8.39. The van der Waals surface area contributed by atoms with Gasteiger partial charge in [0.25, 0.3) is 0 Å². The summed E-state index contributed by atoms with van der Waals surface area (Å²) in [6.45, 7) is 2.50. The second-order valence-electron chi connectivity index (χ2n) is 7.93. The summed E-state index contributed by atoms with van der Waals surface area (Å²) in [4.78, 5) is 24.5. The van der Waals surface area contributed by atoms with E-state index in [1.54, 1.807) is 31.5 Å². The molecule has 1 aliphatic heterocycles. The van der Waals surface area contributed by atoms with Gasteiger partial charge in [-0.2, -0.15) is 4.31 Å². The van der Waals surface area contributed by atoms with Gasteiger partial charge in [-0.1, -0.05) is 11.3 Å². The van der Waals surface area contributed by atoms with E-state index in [0.29, 0.717) is 29.5 Å². The molecule has 1 N–H and O–H groups in total. The highest BCUT2D eigenvalue weighted by atomic mass is 32.2. The van der Waals surface area contributed by atoms with Crippen LogP contribution in [0, 0.1) is 5.92 Å². The lowest BCUT2D eigenvalue weighted by atomic mass is 9.96. The molecule has 31 heavy (non-hydrogen) atoms. The molecule has 1 atom stereocenters. The molecule has 3 aromatic rings. The molecule has 0 bridgehead atoms. The van der Waals surface area contributed by atoms with Crippen LogP contribution in [0.5, 0.6) is 0 Å². The van der Waals surface area contributed by atoms with Gasteiger partial charge in [0.05, 0.1) is 21.4 Å². The highest BCUT2D eigenvalue weighted by Crippen LogP contribution is 2.27. The Bertz CT molecular complexity index is 1240. The summed E-state index contributed by atoms with van der Waals surface area (Å²) in [5, 5.41) is 3.00. The lowest BCUT2D eigenvalue weighted by Crippen LogP contribution is -2.45. The number of sulfonamides is 1. The number of amides is 1. The largest absolute Gasteiger partial charge is 0.469 e. The third-order valence-corrected chi connectivity index (χ3v) is 8.59. The Kier molecular flexibility index (Phi) is 6.05. The number of hydrogen-bond acceptors (Lipinski definition) is 6. The number of thiazole rings is 1. The van der Waals surface area contributed by atoms with Crippen LogP contribution in [0.25, 0.3) is 10.2 Å². The number of fused-ring (bicyclic) bond motifs is 1. The molecule has 1 saturated heterocycles. The molecule has 1 aliphatic rings. The van der Waals surface area contributed by atoms with Crippen LogP contribution in [-0.2, 0) is 28.3 Å². The number of furan rings is 1. The number of aryl methyl sites for hydroxylation is 1. The van der Waals surface area contributed by atoms with Gasteiger partial charge in [-0.15, -0.1) is 0 Å². The van der Waals surface area contributed by atoms with E-state index in [0.717, 1.165) is 17.1 Å². The SMILES string of the molecule is CC(Cc1ccco1)NC(=O)C1CCN(S(=O)(=O)c2ccc3c(c2)sc(=O)n3C)CC1. The monoisotopic (exact) mass is 463 g/mol. The van der Waals surface area contributed by atoms with Gasteiger partial charge in [-0.05, 0) is 50.1 Å². The zero-order valence-corrected chi connectivity index (χ0v) is 19.0. The third kappa shape index (κ3) is 4.46. The minimum atomic E-state index is -3.68. The molecule has 0 saturated carbocycles. The Morgan fingerprint density at radius 3 is 2.71 bits per heavy atom. The fourth-order valence-corrected chi connectivity index (χ4v) is 6.41. The van der Waals surface area contributed by atoms with Gasteiger partial charge in [0.1, 0.15) is 5.76 Å². The second-order valence-corrected chi connectivity index (χ2v) is 10.9. The second kappa shape index (κ2) is 8.60. The zero-order valence-electron chi connectivity index (χ0n) is 17.4. The Balaban J connectivity index is 1.38. The van der Waals surface area contributed by atoms with E-state index < -0.39 is 10.0 Å². The molecule has 0 aliphatic carbocycles. The van der Waals surface area contributed by atoms with Crippen molar-refractivity contribution >= 4 is 37.5 Å². The van der Waals surface area contributed by atoms with Gasteiger partial charge in [0.15, 0.2) is 0 Å². The number of carbonyl (C=O) groups excluding carboxylic acids is 1. The van der Waals surface area contributed by atoms with Crippen LogP contribution in [0.1, 0.15) is 25.5 Å². The number of piperidine rings is 1. The number of benzene rings is 1. The molecule has 3 heterocycles. The van der Waals surface area contributed by atoms with Crippen molar-refractivity contribution in [2.75, 3.05) is 13.1 Å². The molecule has 1 aromatic carbocycles. The van der Waals surface area contributed by atoms with Gasteiger partial charge < -0.3 is 14.3 Å². The van der Waals surface area contributed by atoms with Crippen LogP contribution in [0.3, 0.4) is 0 Å². The van der Waals surface area contributed by atoms with Crippen molar-refractivity contribution in [2.24, 2.45) is 13.0 Å². The minimum absolute atomic E-state index is 0.0495. The number of aromatic nitrogens is 1. The van der Waals surface area contributed by atoms with Crippen molar-refractivity contribution in [3.63, 3.8) is 0 Å².